The fourth-order valence-electron chi connectivity index (χ4n) is 2.40. The highest BCUT2D eigenvalue weighted by Gasteiger charge is 2.08. The zero-order valence-electron chi connectivity index (χ0n) is 14.1. The number of methoxy groups -OCH3 is 1. The maximum atomic E-state index is 6.07. The maximum absolute atomic E-state index is 6.07. The third-order valence-electron chi connectivity index (χ3n) is 3.58. The summed E-state index contributed by atoms with van der Waals surface area (Å²) in [7, 11) is 1.61. The van der Waals surface area contributed by atoms with Gasteiger partial charge in [0, 0.05) is 23.3 Å². The van der Waals surface area contributed by atoms with Crippen LogP contribution in [0.25, 0.3) is 0 Å². The van der Waals surface area contributed by atoms with E-state index in [1.165, 1.54) is 5.56 Å². The van der Waals surface area contributed by atoms with Crippen LogP contribution in [-0.4, -0.2) is 17.1 Å². The van der Waals surface area contributed by atoms with E-state index < -0.39 is 0 Å². The lowest BCUT2D eigenvalue weighted by molar-refractivity contribution is 0.417. The highest BCUT2D eigenvalue weighted by Crippen LogP contribution is 2.29. The summed E-state index contributed by atoms with van der Waals surface area (Å²) in [5, 5.41) is 7.10. The fourth-order valence-corrected chi connectivity index (χ4v) is 2.57. The van der Waals surface area contributed by atoms with Crippen LogP contribution in [-0.2, 0) is 6.54 Å². The molecule has 3 aromatic rings. The van der Waals surface area contributed by atoms with Crippen molar-refractivity contribution in [2.24, 2.45) is 0 Å². The zero-order chi connectivity index (χ0) is 17.6. The van der Waals surface area contributed by atoms with Crippen LogP contribution in [0, 0.1) is 6.92 Å². The lowest BCUT2D eigenvalue weighted by Gasteiger charge is -2.12. The van der Waals surface area contributed by atoms with Crippen molar-refractivity contribution in [2.75, 3.05) is 17.7 Å². The Morgan fingerprint density at radius 3 is 2.60 bits per heavy atom. The lowest BCUT2D eigenvalue weighted by Crippen LogP contribution is -2.06. The monoisotopic (exact) mass is 354 g/mol. The molecule has 25 heavy (non-hydrogen) atoms. The summed E-state index contributed by atoms with van der Waals surface area (Å²) in [6.07, 6.45) is 0. The molecule has 6 heteroatoms. The molecular weight excluding hydrogens is 336 g/mol. The van der Waals surface area contributed by atoms with Gasteiger partial charge in [-0.1, -0.05) is 41.9 Å². The van der Waals surface area contributed by atoms with E-state index in [0.717, 1.165) is 17.2 Å². The van der Waals surface area contributed by atoms with E-state index >= 15 is 0 Å². The van der Waals surface area contributed by atoms with Crippen molar-refractivity contribution in [3.05, 3.63) is 70.9 Å². The molecule has 1 heterocycles. The average molecular weight is 355 g/mol. The van der Waals surface area contributed by atoms with Gasteiger partial charge in [-0.3, -0.25) is 0 Å². The predicted octanol–water partition coefficient (Wildman–Crippen LogP) is 4.80. The van der Waals surface area contributed by atoms with Crippen LogP contribution in [0.5, 0.6) is 5.75 Å². The van der Waals surface area contributed by atoms with E-state index in [4.69, 9.17) is 16.3 Å². The number of anilines is 3. The van der Waals surface area contributed by atoms with Gasteiger partial charge in [0.15, 0.2) is 0 Å². The number of rotatable bonds is 6. The molecule has 3 rings (SSSR count). The minimum Gasteiger partial charge on any atom is -0.495 e. The van der Waals surface area contributed by atoms with Crippen LogP contribution in [0.1, 0.15) is 11.3 Å². The Morgan fingerprint density at radius 2 is 1.84 bits per heavy atom. The fraction of sp³-hybridized carbons (Fsp3) is 0.158. The number of benzene rings is 2. The maximum Gasteiger partial charge on any atom is 0.229 e. The molecule has 1 aromatic heterocycles. The van der Waals surface area contributed by atoms with Gasteiger partial charge in [0.1, 0.15) is 11.6 Å². The number of nitrogens with zero attached hydrogens (tertiary/aromatic N) is 2. The Bertz CT molecular complexity index is 855. The molecular formula is C19H19ClN4O. The van der Waals surface area contributed by atoms with Crippen molar-refractivity contribution in [3.63, 3.8) is 0 Å². The molecule has 0 amide bonds. The van der Waals surface area contributed by atoms with Crippen LogP contribution in [0.3, 0.4) is 0 Å². The van der Waals surface area contributed by atoms with Gasteiger partial charge in [0.2, 0.25) is 5.95 Å². The second-order valence-corrected chi connectivity index (χ2v) is 5.96. The molecule has 0 aliphatic heterocycles. The summed E-state index contributed by atoms with van der Waals surface area (Å²) >= 11 is 6.07. The Balaban J connectivity index is 1.79. The molecule has 0 spiro atoms. The predicted molar refractivity (Wildman–Crippen MR) is 102 cm³/mol. The van der Waals surface area contributed by atoms with Crippen LogP contribution >= 0.6 is 11.6 Å². The van der Waals surface area contributed by atoms with Gasteiger partial charge in [-0.05, 0) is 30.7 Å². The largest absolute Gasteiger partial charge is 0.495 e. The molecule has 0 radical (unpaired) electrons. The Hall–Kier alpha value is -2.79. The molecule has 0 saturated carbocycles. The first-order valence-corrected chi connectivity index (χ1v) is 8.26. The summed E-state index contributed by atoms with van der Waals surface area (Å²) in [6, 6.07) is 17.4. The average Bonchev–Trinajstić information content (AvgIpc) is 2.61. The molecule has 0 unspecified atom stereocenters. The van der Waals surface area contributed by atoms with Gasteiger partial charge in [0.05, 0.1) is 12.8 Å². The molecule has 2 aromatic carbocycles. The van der Waals surface area contributed by atoms with Gasteiger partial charge in [-0.2, -0.15) is 4.98 Å². The van der Waals surface area contributed by atoms with E-state index in [9.17, 15) is 0 Å². The van der Waals surface area contributed by atoms with Gasteiger partial charge in [0.25, 0.3) is 0 Å². The smallest absolute Gasteiger partial charge is 0.229 e. The Morgan fingerprint density at radius 1 is 1.04 bits per heavy atom. The summed E-state index contributed by atoms with van der Waals surface area (Å²) in [4.78, 5) is 8.95. The Kier molecular flexibility index (Phi) is 5.36. The van der Waals surface area contributed by atoms with E-state index in [1.54, 1.807) is 25.3 Å². The minimum absolute atomic E-state index is 0.483. The molecule has 2 N–H and O–H groups in total. The van der Waals surface area contributed by atoms with Crippen molar-refractivity contribution in [1.29, 1.82) is 0 Å². The van der Waals surface area contributed by atoms with Gasteiger partial charge in [-0.15, -0.1) is 0 Å². The van der Waals surface area contributed by atoms with Crippen molar-refractivity contribution in [1.82, 2.24) is 9.97 Å². The number of hydrogen-bond donors (Lipinski definition) is 2. The number of aryl methyl sites for hydroxylation is 1. The second-order valence-electron chi connectivity index (χ2n) is 5.53. The van der Waals surface area contributed by atoms with Crippen LogP contribution < -0.4 is 15.4 Å². The third-order valence-corrected chi connectivity index (χ3v) is 3.81. The van der Waals surface area contributed by atoms with E-state index in [-0.39, 0.29) is 0 Å². The molecule has 0 aliphatic rings. The SMILES string of the molecule is COc1ccc(Cl)cc1Nc1nc(C)cc(NCc2ccccc2)n1. The number of ether oxygens (including phenoxy) is 1. The molecule has 0 fully saturated rings. The molecule has 0 saturated heterocycles. The highest BCUT2D eigenvalue weighted by atomic mass is 35.5. The van der Waals surface area contributed by atoms with Crippen LogP contribution in [0.2, 0.25) is 5.02 Å². The van der Waals surface area contributed by atoms with Crippen molar-refractivity contribution in [2.45, 2.75) is 13.5 Å². The first-order chi connectivity index (χ1) is 12.1. The highest BCUT2D eigenvalue weighted by molar-refractivity contribution is 6.31. The quantitative estimate of drug-likeness (QED) is 0.665. The molecule has 0 bridgehead atoms. The minimum atomic E-state index is 0.483. The Labute approximate surface area is 152 Å². The summed E-state index contributed by atoms with van der Waals surface area (Å²) in [5.41, 5.74) is 2.76. The normalized spacial score (nSPS) is 10.4. The summed E-state index contributed by atoms with van der Waals surface area (Å²) < 4.78 is 5.35. The second kappa shape index (κ2) is 7.85. The lowest BCUT2D eigenvalue weighted by atomic mass is 10.2. The first-order valence-electron chi connectivity index (χ1n) is 7.88. The number of halogens is 1. The van der Waals surface area contributed by atoms with Gasteiger partial charge >= 0.3 is 0 Å². The van der Waals surface area contributed by atoms with E-state index in [2.05, 4.69) is 32.7 Å². The van der Waals surface area contributed by atoms with E-state index in [1.807, 2.05) is 31.2 Å². The third kappa shape index (κ3) is 4.61. The molecule has 128 valence electrons. The summed E-state index contributed by atoms with van der Waals surface area (Å²) in [6.45, 7) is 2.62. The topological polar surface area (TPSA) is 59.1 Å². The number of hydrogen-bond acceptors (Lipinski definition) is 5. The molecule has 5 nitrogen and oxygen atoms in total. The van der Waals surface area contributed by atoms with Crippen molar-refractivity contribution < 1.29 is 4.74 Å². The van der Waals surface area contributed by atoms with E-state index in [0.29, 0.717) is 23.3 Å². The van der Waals surface area contributed by atoms with Gasteiger partial charge < -0.3 is 15.4 Å². The number of nitrogens with one attached hydrogen (secondary N) is 2. The first kappa shape index (κ1) is 17.0. The van der Waals surface area contributed by atoms with Crippen LogP contribution in [0.4, 0.5) is 17.5 Å². The summed E-state index contributed by atoms with van der Waals surface area (Å²) in [5.74, 6) is 1.91. The van der Waals surface area contributed by atoms with Crippen molar-refractivity contribution >= 4 is 29.1 Å². The number of aromatic nitrogens is 2. The van der Waals surface area contributed by atoms with Gasteiger partial charge in [-0.25, -0.2) is 4.98 Å². The van der Waals surface area contributed by atoms with Crippen LogP contribution in [0.15, 0.2) is 54.6 Å². The molecule has 0 atom stereocenters. The molecule has 0 aliphatic carbocycles. The zero-order valence-corrected chi connectivity index (χ0v) is 14.8. The van der Waals surface area contributed by atoms with Crippen molar-refractivity contribution in [3.8, 4) is 5.75 Å². The standard InChI is InChI=1S/C19H19ClN4O/c1-13-10-18(21-12-14-6-4-3-5-7-14)24-19(22-13)23-16-11-15(20)8-9-17(16)25-2/h3-11H,12H2,1-2H3,(H2,21,22,23,24).